The molecule has 1 N–H and O–H groups in total. The van der Waals surface area contributed by atoms with Crippen LogP contribution in [0.3, 0.4) is 0 Å². The van der Waals surface area contributed by atoms with Crippen LogP contribution in [0, 0.1) is 5.82 Å². The minimum atomic E-state index is -0.479. The van der Waals surface area contributed by atoms with Crippen molar-refractivity contribution in [2.45, 2.75) is 0 Å². The van der Waals surface area contributed by atoms with Crippen molar-refractivity contribution in [3.8, 4) is 5.75 Å². The van der Waals surface area contributed by atoms with Gasteiger partial charge in [-0.05, 0) is 35.9 Å². The Morgan fingerprint density at radius 3 is 2.75 bits per heavy atom. The maximum atomic E-state index is 14.3. The highest BCUT2D eigenvalue weighted by Crippen LogP contribution is 2.27. The fraction of sp³-hybridized carbons (Fsp3) is 0.263. The fourth-order valence-electron chi connectivity index (χ4n) is 2.61. The molecule has 0 aliphatic carbocycles. The van der Waals surface area contributed by atoms with E-state index in [1.54, 1.807) is 24.3 Å². The van der Waals surface area contributed by atoms with Gasteiger partial charge in [-0.15, -0.1) is 0 Å². The molecule has 9 heteroatoms. The Morgan fingerprint density at radius 1 is 1.25 bits per heavy atom. The minimum absolute atomic E-state index is 0.275. The second kappa shape index (κ2) is 9.73. The summed E-state index contributed by atoms with van der Waals surface area (Å²) >= 11 is 11.8. The fourth-order valence-corrected chi connectivity index (χ4v) is 3.07. The number of amides is 1. The van der Waals surface area contributed by atoms with Crippen molar-refractivity contribution in [3.63, 3.8) is 0 Å². The molecule has 148 valence electrons. The summed E-state index contributed by atoms with van der Waals surface area (Å²) in [5, 5.41) is 4.59. The molecule has 28 heavy (non-hydrogen) atoms. The van der Waals surface area contributed by atoms with Gasteiger partial charge in [0, 0.05) is 18.1 Å². The number of carbonyl (C=O) groups excluding carboxylic acids is 1. The van der Waals surface area contributed by atoms with Gasteiger partial charge >= 0.3 is 0 Å². The monoisotopic (exact) mass is 425 g/mol. The van der Waals surface area contributed by atoms with Gasteiger partial charge in [0.05, 0.1) is 30.1 Å². The van der Waals surface area contributed by atoms with E-state index in [2.05, 4.69) is 10.5 Å². The van der Waals surface area contributed by atoms with Gasteiger partial charge in [0.15, 0.2) is 6.61 Å². The topological polar surface area (TPSA) is 63.2 Å². The van der Waals surface area contributed by atoms with Crippen LogP contribution in [0.15, 0.2) is 41.5 Å². The lowest BCUT2D eigenvalue weighted by Crippen LogP contribution is -2.36. The van der Waals surface area contributed by atoms with E-state index in [9.17, 15) is 9.18 Å². The molecule has 2 aromatic carbocycles. The largest absolute Gasteiger partial charge is 0.482 e. The average Bonchev–Trinajstić information content (AvgIpc) is 2.68. The summed E-state index contributed by atoms with van der Waals surface area (Å²) in [6.07, 6.45) is 1.36. The molecule has 1 amide bonds. The van der Waals surface area contributed by atoms with Gasteiger partial charge < -0.3 is 14.4 Å². The van der Waals surface area contributed by atoms with E-state index in [4.69, 9.17) is 32.7 Å². The summed E-state index contributed by atoms with van der Waals surface area (Å²) in [5.41, 5.74) is 3.37. The van der Waals surface area contributed by atoms with Gasteiger partial charge in [-0.25, -0.2) is 9.82 Å². The molecule has 0 bridgehead atoms. The van der Waals surface area contributed by atoms with E-state index in [0.717, 1.165) is 0 Å². The number of hydrogen-bond donors (Lipinski definition) is 1. The van der Waals surface area contributed by atoms with E-state index in [1.807, 2.05) is 4.90 Å². The van der Waals surface area contributed by atoms with Gasteiger partial charge in [0.25, 0.3) is 5.91 Å². The van der Waals surface area contributed by atoms with Crippen LogP contribution < -0.4 is 15.1 Å². The first kappa shape index (κ1) is 20.4. The molecule has 3 rings (SSSR count). The quantitative estimate of drug-likeness (QED) is 0.568. The van der Waals surface area contributed by atoms with Gasteiger partial charge in [0.2, 0.25) is 0 Å². The van der Waals surface area contributed by atoms with E-state index >= 15 is 0 Å². The first-order valence-corrected chi connectivity index (χ1v) is 9.30. The first-order chi connectivity index (χ1) is 13.5. The number of halogens is 3. The zero-order chi connectivity index (χ0) is 19.9. The second-order valence-corrected chi connectivity index (χ2v) is 6.81. The van der Waals surface area contributed by atoms with E-state index in [1.165, 1.54) is 18.3 Å². The summed E-state index contributed by atoms with van der Waals surface area (Å²) in [7, 11) is 0. The van der Waals surface area contributed by atoms with Crippen LogP contribution in [0.2, 0.25) is 10.0 Å². The highest BCUT2D eigenvalue weighted by molar-refractivity contribution is 6.35. The smallest absolute Gasteiger partial charge is 0.277 e. The average molecular weight is 426 g/mol. The van der Waals surface area contributed by atoms with Crippen LogP contribution in [0.25, 0.3) is 0 Å². The number of ether oxygens (including phenoxy) is 2. The SMILES string of the molecule is O=C(COc1ccc(Cl)cc1Cl)N/N=C/c1ccc(N2CCOCC2)c(F)c1. The number of carbonyl (C=O) groups is 1. The van der Waals surface area contributed by atoms with Crippen LogP contribution in [0.1, 0.15) is 5.56 Å². The number of benzene rings is 2. The van der Waals surface area contributed by atoms with Crippen LogP contribution >= 0.6 is 23.2 Å². The number of hydrazone groups is 1. The van der Waals surface area contributed by atoms with Crippen molar-refractivity contribution >= 4 is 41.0 Å². The lowest BCUT2D eigenvalue weighted by atomic mass is 10.2. The molecule has 1 aliphatic heterocycles. The maximum absolute atomic E-state index is 14.3. The van der Waals surface area contributed by atoms with Crippen LogP contribution in [-0.4, -0.2) is 45.0 Å². The van der Waals surface area contributed by atoms with Crippen LogP contribution in [0.5, 0.6) is 5.75 Å². The highest BCUT2D eigenvalue weighted by Gasteiger charge is 2.15. The third-order valence-corrected chi connectivity index (χ3v) is 4.51. The number of anilines is 1. The molecule has 0 radical (unpaired) electrons. The van der Waals surface area contributed by atoms with Crippen molar-refractivity contribution < 1.29 is 18.7 Å². The highest BCUT2D eigenvalue weighted by atomic mass is 35.5. The Morgan fingerprint density at radius 2 is 2.04 bits per heavy atom. The van der Waals surface area contributed by atoms with Gasteiger partial charge in [-0.2, -0.15) is 5.10 Å². The number of morpholine rings is 1. The van der Waals surface area contributed by atoms with Crippen molar-refractivity contribution in [2.24, 2.45) is 5.10 Å². The Labute approximate surface area is 171 Å². The molecule has 2 aromatic rings. The Bertz CT molecular complexity index is 873. The molecule has 1 fully saturated rings. The molecule has 0 unspecified atom stereocenters. The summed E-state index contributed by atoms with van der Waals surface area (Å²) in [6, 6.07) is 9.48. The normalized spacial score (nSPS) is 14.3. The number of rotatable bonds is 6. The zero-order valence-corrected chi connectivity index (χ0v) is 16.3. The molecule has 1 saturated heterocycles. The lowest BCUT2D eigenvalue weighted by Gasteiger charge is -2.29. The Hall–Kier alpha value is -2.35. The third-order valence-electron chi connectivity index (χ3n) is 3.98. The van der Waals surface area contributed by atoms with Crippen LogP contribution in [-0.2, 0) is 9.53 Å². The van der Waals surface area contributed by atoms with Gasteiger partial charge in [0.1, 0.15) is 11.6 Å². The van der Waals surface area contributed by atoms with Crippen molar-refractivity contribution in [1.29, 1.82) is 0 Å². The number of nitrogens with one attached hydrogen (secondary N) is 1. The first-order valence-electron chi connectivity index (χ1n) is 8.55. The molecule has 0 atom stereocenters. The van der Waals surface area contributed by atoms with E-state index < -0.39 is 5.91 Å². The van der Waals surface area contributed by atoms with Crippen LogP contribution in [0.4, 0.5) is 10.1 Å². The number of hydrogen-bond acceptors (Lipinski definition) is 5. The molecule has 0 spiro atoms. The molecule has 6 nitrogen and oxygen atoms in total. The molecule has 1 aliphatic rings. The molecule has 0 saturated carbocycles. The Balaban J connectivity index is 1.51. The maximum Gasteiger partial charge on any atom is 0.277 e. The number of nitrogens with zero attached hydrogens (tertiary/aromatic N) is 2. The molecular formula is C19H18Cl2FN3O3. The standard InChI is InChI=1S/C19H18Cl2FN3O3/c20-14-2-4-18(15(21)10-14)28-12-19(26)24-23-11-13-1-3-17(16(22)9-13)25-5-7-27-8-6-25/h1-4,9-11H,5-8,12H2,(H,24,26)/b23-11+. The van der Waals surface area contributed by atoms with Gasteiger partial charge in [-0.3, -0.25) is 4.79 Å². The molecule has 0 aromatic heterocycles. The minimum Gasteiger partial charge on any atom is -0.482 e. The predicted octanol–water partition coefficient (Wildman–Crippen LogP) is 3.50. The van der Waals surface area contributed by atoms with Gasteiger partial charge in [-0.1, -0.05) is 29.3 Å². The summed E-state index contributed by atoms with van der Waals surface area (Å²) in [5.74, 6) is -0.489. The van der Waals surface area contributed by atoms with E-state index in [0.29, 0.717) is 53.3 Å². The summed E-state index contributed by atoms with van der Waals surface area (Å²) in [4.78, 5) is 13.7. The predicted molar refractivity (Wildman–Crippen MR) is 107 cm³/mol. The Kier molecular flexibility index (Phi) is 7.08. The summed E-state index contributed by atoms with van der Waals surface area (Å²) < 4.78 is 24.9. The van der Waals surface area contributed by atoms with Crippen molar-refractivity contribution in [3.05, 3.63) is 57.8 Å². The van der Waals surface area contributed by atoms with Crippen molar-refractivity contribution in [2.75, 3.05) is 37.8 Å². The summed E-state index contributed by atoms with van der Waals surface area (Å²) in [6.45, 7) is 2.19. The third kappa shape index (κ3) is 5.58. The zero-order valence-electron chi connectivity index (χ0n) is 14.8. The van der Waals surface area contributed by atoms with Crippen molar-refractivity contribution in [1.82, 2.24) is 5.43 Å². The second-order valence-electron chi connectivity index (χ2n) is 5.97. The lowest BCUT2D eigenvalue weighted by molar-refractivity contribution is -0.123. The molecular weight excluding hydrogens is 408 g/mol. The molecule has 1 heterocycles. The van der Waals surface area contributed by atoms with E-state index in [-0.39, 0.29) is 12.4 Å².